The Kier molecular flexibility index (Phi) is 4.10. The molecule has 0 aliphatic carbocycles. The van der Waals surface area contributed by atoms with Crippen molar-refractivity contribution in [3.8, 4) is 0 Å². The molecule has 0 aliphatic heterocycles. The van der Waals surface area contributed by atoms with Gasteiger partial charge in [0.25, 0.3) is 0 Å². The third-order valence-corrected chi connectivity index (χ3v) is 3.96. The van der Waals surface area contributed by atoms with Crippen molar-refractivity contribution in [1.82, 2.24) is 15.1 Å². The van der Waals surface area contributed by atoms with E-state index < -0.39 is 0 Å². The summed E-state index contributed by atoms with van der Waals surface area (Å²) in [5, 5.41) is 10.8. The fourth-order valence-corrected chi connectivity index (χ4v) is 2.75. The number of aromatic nitrogens is 3. The molecule has 26 heavy (non-hydrogen) atoms. The third kappa shape index (κ3) is 3.41. The van der Waals surface area contributed by atoms with E-state index in [9.17, 15) is 4.79 Å². The van der Waals surface area contributed by atoms with Gasteiger partial charge in [0.2, 0.25) is 5.91 Å². The zero-order valence-electron chi connectivity index (χ0n) is 14.1. The van der Waals surface area contributed by atoms with Gasteiger partial charge in [-0.15, -0.1) is 0 Å². The summed E-state index contributed by atoms with van der Waals surface area (Å²) in [6, 6.07) is 13.3. The Labute approximate surface area is 149 Å². The van der Waals surface area contributed by atoms with Gasteiger partial charge < -0.3 is 20.1 Å². The zero-order valence-corrected chi connectivity index (χ0v) is 14.1. The lowest BCUT2D eigenvalue weighted by atomic mass is 10.1. The first-order valence-corrected chi connectivity index (χ1v) is 8.18. The standard InChI is InChI=1S/C19H17N5O2/c1-12-8-18(24-26-12)22-14-6-7-17(21-11-14)23-19(25)9-13-10-20-16-5-3-2-4-15(13)16/h2-8,10-11,20H,9H2,1H3,(H,22,24)(H,21,23,25). The number of aryl methyl sites for hydroxylation is 1. The third-order valence-electron chi connectivity index (χ3n) is 3.96. The number of nitrogens with one attached hydrogen (secondary N) is 3. The monoisotopic (exact) mass is 347 g/mol. The fourth-order valence-electron chi connectivity index (χ4n) is 2.75. The Bertz CT molecular complexity index is 1050. The summed E-state index contributed by atoms with van der Waals surface area (Å²) in [7, 11) is 0. The van der Waals surface area contributed by atoms with Crippen LogP contribution in [0.2, 0.25) is 0 Å². The topological polar surface area (TPSA) is 95.8 Å². The summed E-state index contributed by atoms with van der Waals surface area (Å²) in [6.45, 7) is 1.82. The number of nitrogens with zero attached hydrogens (tertiary/aromatic N) is 2. The molecule has 3 aromatic heterocycles. The van der Waals surface area contributed by atoms with Gasteiger partial charge in [-0.3, -0.25) is 4.79 Å². The van der Waals surface area contributed by atoms with Crippen molar-refractivity contribution < 1.29 is 9.32 Å². The van der Waals surface area contributed by atoms with Crippen LogP contribution >= 0.6 is 0 Å². The highest BCUT2D eigenvalue weighted by Crippen LogP contribution is 2.19. The van der Waals surface area contributed by atoms with Crippen LogP contribution in [-0.4, -0.2) is 21.0 Å². The van der Waals surface area contributed by atoms with Crippen molar-refractivity contribution in [3.05, 3.63) is 66.2 Å². The van der Waals surface area contributed by atoms with E-state index >= 15 is 0 Å². The smallest absolute Gasteiger partial charge is 0.230 e. The molecular formula is C19H17N5O2. The molecule has 0 spiro atoms. The molecule has 1 aromatic carbocycles. The Morgan fingerprint density at radius 2 is 2.08 bits per heavy atom. The Morgan fingerprint density at radius 1 is 1.19 bits per heavy atom. The average Bonchev–Trinajstić information content (AvgIpc) is 3.23. The number of aromatic amines is 1. The molecule has 130 valence electrons. The summed E-state index contributed by atoms with van der Waals surface area (Å²) < 4.78 is 5.00. The number of carbonyl (C=O) groups is 1. The highest BCUT2D eigenvalue weighted by Gasteiger charge is 2.09. The number of anilines is 3. The molecule has 3 N–H and O–H groups in total. The van der Waals surface area contributed by atoms with Crippen LogP contribution in [0.4, 0.5) is 17.3 Å². The number of fused-ring (bicyclic) bond motifs is 1. The van der Waals surface area contributed by atoms with Gasteiger partial charge in [-0.25, -0.2) is 4.98 Å². The van der Waals surface area contributed by atoms with Gasteiger partial charge in [0, 0.05) is 23.2 Å². The molecule has 4 aromatic rings. The number of para-hydroxylation sites is 1. The van der Waals surface area contributed by atoms with E-state index in [1.165, 1.54) is 0 Å². The van der Waals surface area contributed by atoms with E-state index in [-0.39, 0.29) is 12.3 Å². The minimum atomic E-state index is -0.116. The second kappa shape index (κ2) is 6.72. The highest BCUT2D eigenvalue weighted by molar-refractivity contribution is 5.95. The number of rotatable bonds is 5. The second-order valence-corrected chi connectivity index (χ2v) is 5.96. The van der Waals surface area contributed by atoms with Gasteiger partial charge in [0.1, 0.15) is 11.6 Å². The van der Waals surface area contributed by atoms with Crippen molar-refractivity contribution in [1.29, 1.82) is 0 Å². The van der Waals surface area contributed by atoms with E-state index in [2.05, 4.69) is 25.8 Å². The van der Waals surface area contributed by atoms with Crippen molar-refractivity contribution in [2.75, 3.05) is 10.6 Å². The number of benzene rings is 1. The maximum Gasteiger partial charge on any atom is 0.230 e. The van der Waals surface area contributed by atoms with Gasteiger partial charge in [0.15, 0.2) is 5.82 Å². The van der Waals surface area contributed by atoms with Crippen LogP contribution in [0.15, 0.2) is 59.4 Å². The summed E-state index contributed by atoms with van der Waals surface area (Å²) in [5.74, 6) is 1.72. The molecule has 0 bridgehead atoms. The largest absolute Gasteiger partial charge is 0.361 e. The van der Waals surface area contributed by atoms with Crippen LogP contribution in [0.1, 0.15) is 11.3 Å². The summed E-state index contributed by atoms with van der Waals surface area (Å²) in [6.07, 6.45) is 3.78. The van der Waals surface area contributed by atoms with Gasteiger partial charge in [-0.2, -0.15) is 0 Å². The predicted molar refractivity (Wildman–Crippen MR) is 99.4 cm³/mol. The normalized spacial score (nSPS) is 10.8. The molecule has 0 saturated heterocycles. The van der Waals surface area contributed by atoms with Crippen LogP contribution in [0, 0.1) is 6.92 Å². The van der Waals surface area contributed by atoms with E-state index in [4.69, 9.17) is 4.52 Å². The fraction of sp³-hybridized carbons (Fsp3) is 0.105. The summed E-state index contributed by atoms with van der Waals surface area (Å²) in [4.78, 5) is 19.7. The van der Waals surface area contributed by atoms with Crippen LogP contribution in [0.3, 0.4) is 0 Å². The highest BCUT2D eigenvalue weighted by atomic mass is 16.5. The predicted octanol–water partition coefficient (Wildman–Crippen LogP) is 3.78. The number of carbonyl (C=O) groups excluding carboxylic acids is 1. The Balaban J connectivity index is 1.39. The lowest BCUT2D eigenvalue weighted by molar-refractivity contribution is -0.115. The maximum absolute atomic E-state index is 12.3. The van der Waals surface area contributed by atoms with Crippen LogP contribution in [-0.2, 0) is 11.2 Å². The van der Waals surface area contributed by atoms with Crippen molar-refractivity contribution in [3.63, 3.8) is 0 Å². The maximum atomic E-state index is 12.3. The zero-order chi connectivity index (χ0) is 17.9. The van der Waals surface area contributed by atoms with E-state index in [0.717, 1.165) is 27.9 Å². The number of hydrogen-bond donors (Lipinski definition) is 3. The SMILES string of the molecule is Cc1cc(Nc2ccc(NC(=O)Cc3c[nH]c4ccccc34)nc2)no1. The molecular weight excluding hydrogens is 330 g/mol. The van der Waals surface area contributed by atoms with Gasteiger partial charge in [-0.1, -0.05) is 23.4 Å². The molecule has 0 atom stereocenters. The number of amides is 1. The van der Waals surface area contributed by atoms with Crippen LogP contribution in [0.25, 0.3) is 10.9 Å². The second-order valence-electron chi connectivity index (χ2n) is 5.96. The lowest BCUT2D eigenvalue weighted by Crippen LogP contribution is -2.15. The minimum absolute atomic E-state index is 0.116. The number of pyridine rings is 1. The molecule has 0 unspecified atom stereocenters. The van der Waals surface area contributed by atoms with E-state index in [0.29, 0.717) is 11.6 Å². The molecule has 7 nitrogen and oxygen atoms in total. The molecule has 1 amide bonds. The molecule has 7 heteroatoms. The molecule has 0 saturated carbocycles. The van der Waals surface area contributed by atoms with E-state index in [1.54, 1.807) is 18.3 Å². The van der Waals surface area contributed by atoms with E-state index in [1.807, 2.05) is 43.5 Å². The molecule has 3 heterocycles. The lowest BCUT2D eigenvalue weighted by Gasteiger charge is -2.06. The van der Waals surface area contributed by atoms with Crippen LogP contribution in [0.5, 0.6) is 0 Å². The van der Waals surface area contributed by atoms with Crippen molar-refractivity contribution in [2.45, 2.75) is 13.3 Å². The summed E-state index contributed by atoms with van der Waals surface area (Å²) in [5.41, 5.74) is 2.73. The Morgan fingerprint density at radius 3 is 2.85 bits per heavy atom. The first-order valence-electron chi connectivity index (χ1n) is 8.18. The summed E-state index contributed by atoms with van der Waals surface area (Å²) >= 11 is 0. The van der Waals surface area contributed by atoms with Crippen molar-refractivity contribution in [2.24, 2.45) is 0 Å². The molecule has 0 radical (unpaired) electrons. The molecule has 0 fully saturated rings. The first kappa shape index (κ1) is 15.9. The number of H-pyrrole nitrogens is 1. The Hall–Kier alpha value is -3.61. The van der Waals surface area contributed by atoms with Crippen molar-refractivity contribution >= 4 is 34.1 Å². The first-order chi connectivity index (χ1) is 12.7. The molecule has 0 aliphatic rings. The number of hydrogen-bond acceptors (Lipinski definition) is 5. The quantitative estimate of drug-likeness (QED) is 0.510. The molecule has 4 rings (SSSR count). The van der Waals surface area contributed by atoms with Gasteiger partial charge in [-0.05, 0) is 30.7 Å². The average molecular weight is 347 g/mol. The van der Waals surface area contributed by atoms with Crippen LogP contribution < -0.4 is 10.6 Å². The van der Waals surface area contributed by atoms with Gasteiger partial charge >= 0.3 is 0 Å². The van der Waals surface area contributed by atoms with Gasteiger partial charge in [0.05, 0.1) is 18.3 Å². The minimum Gasteiger partial charge on any atom is -0.361 e.